The van der Waals surface area contributed by atoms with Crippen molar-refractivity contribution in [1.82, 2.24) is 4.90 Å². The highest BCUT2D eigenvalue weighted by Crippen LogP contribution is 2.44. The van der Waals surface area contributed by atoms with Crippen molar-refractivity contribution in [2.75, 3.05) is 49.2 Å². The zero-order valence-electron chi connectivity index (χ0n) is 19.0. The Morgan fingerprint density at radius 2 is 1.84 bits per heavy atom. The number of nitrogens with zero attached hydrogens (tertiary/aromatic N) is 3. The fourth-order valence-electron chi connectivity index (χ4n) is 6.38. The molecule has 4 aliphatic rings. The fraction of sp³-hybridized carbons (Fsp3) is 0.654. The normalized spacial score (nSPS) is 27.4. The van der Waals surface area contributed by atoms with Crippen molar-refractivity contribution in [3.05, 3.63) is 30.3 Å². The summed E-state index contributed by atoms with van der Waals surface area (Å²) in [4.78, 5) is 20.6. The molecule has 0 saturated carbocycles. The van der Waals surface area contributed by atoms with Gasteiger partial charge in [0.05, 0.1) is 11.1 Å². The maximum atomic E-state index is 13.3. The monoisotopic (exact) mass is 423 g/mol. The first-order chi connectivity index (χ1) is 15.1. The first-order valence-corrected chi connectivity index (χ1v) is 12.3. The summed E-state index contributed by atoms with van der Waals surface area (Å²) in [5.41, 5.74) is 3.15. The van der Waals surface area contributed by atoms with E-state index >= 15 is 0 Å². The van der Waals surface area contributed by atoms with E-state index in [1.165, 1.54) is 37.9 Å². The van der Waals surface area contributed by atoms with Gasteiger partial charge in [-0.2, -0.15) is 0 Å². The highest BCUT2D eigenvalue weighted by molar-refractivity contribution is 6.01. The highest BCUT2D eigenvalue weighted by Gasteiger charge is 2.48. The third-order valence-electron chi connectivity index (χ3n) is 8.39. The van der Waals surface area contributed by atoms with E-state index in [1.807, 2.05) is 11.0 Å². The van der Waals surface area contributed by atoms with Crippen LogP contribution in [-0.2, 0) is 9.53 Å². The number of likely N-dealkylation sites (tertiary alicyclic amines) is 1. The molecular formula is C26H37N3O2. The molecule has 1 aromatic rings. The average Bonchev–Trinajstić information content (AvgIpc) is 3.38. The number of carbonyl (C=O) groups excluding carboxylic acids is 1. The molecule has 0 radical (unpaired) electrons. The Morgan fingerprint density at radius 3 is 2.52 bits per heavy atom. The predicted molar refractivity (Wildman–Crippen MR) is 127 cm³/mol. The molecule has 0 aliphatic carbocycles. The van der Waals surface area contributed by atoms with Crippen molar-refractivity contribution >= 4 is 23.4 Å². The molecule has 1 atom stereocenters. The minimum absolute atomic E-state index is 0.204. The van der Waals surface area contributed by atoms with Gasteiger partial charge in [0, 0.05) is 50.6 Å². The zero-order valence-corrected chi connectivity index (χ0v) is 19.0. The molecule has 1 aromatic carbocycles. The number of rotatable bonds is 4. The molecule has 5 nitrogen and oxygen atoms in total. The Kier molecular flexibility index (Phi) is 5.82. The third-order valence-corrected chi connectivity index (χ3v) is 8.39. The number of ether oxygens (including phenoxy) is 1. The molecule has 5 rings (SSSR count). The van der Waals surface area contributed by atoms with E-state index in [0.717, 1.165) is 62.2 Å². The van der Waals surface area contributed by atoms with Crippen LogP contribution in [0.2, 0.25) is 0 Å². The van der Waals surface area contributed by atoms with Crippen LogP contribution in [0.5, 0.6) is 0 Å². The number of hydrogen-bond acceptors (Lipinski definition) is 4. The second-order valence-electron chi connectivity index (χ2n) is 9.99. The molecule has 4 fully saturated rings. The summed E-state index contributed by atoms with van der Waals surface area (Å²) in [6, 6.07) is 8.09. The standard InChI is InChI=1S/C26H37N3O2/c1-3-21-19-23(27-14-8-22(9-15-27)28-13-4-5-20(28)2)6-7-24(21)29-16-10-26(25(29)30)11-17-31-18-12-26/h3,6-7,19-20,22H,1,4-5,8-18H2,2H3/t20-/m0/s1. The van der Waals surface area contributed by atoms with Crippen LogP contribution in [0.4, 0.5) is 11.4 Å². The average molecular weight is 424 g/mol. The smallest absolute Gasteiger partial charge is 0.233 e. The predicted octanol–water partition coefficient (Wildman–Crippen LogP) is 4.32. The molecule has 4 saturated heterocycles. The lowest BCUT2D eigenvalue weighted by molar-refractivity contribution is -0.130. The molecular weight excluding hydrogens is 386 g/mol. The van der Waals surface area contributed by atoms with E-state index < -0.39 is 0 Å². The van der Waals surface area contributed by atoms with E-state index in [2.05, 4.69) is 41.5 Å². The van der Waals surface area contributed by atoms with Crippen molar-refractivity contribution in [2.45, 2.75) is 64.0 Å². The van der Waals surface area contributed by atoms with E-state index in [0.29, 0.717) is 13.2 Å². The summed E-state index contributed by atoms with van der Waals surface area (Å²) in [7, 11) is 0. The Balaban J connectivity index is 1.29. The number of benzene rings is 1. The SMILES string of the molecule is C=Cc1cc(N2CCC(N3CCC[C@@H]3C)CC2)ccc1N1CCC2(CCOCC2)C1=O. The molecule has 1 spiro atoms. The topological polar surface area (TPSA) is 36.0 Å². The van der Waals surface area contributed by atoms with Gasteiger partial charge in [0.2, 0.25) is 5.91 Å². The Labute approximate surface area is 187 Å². The van der Waals surface area contributed by atoms with E-state index in [9.17, 15) is 4.79 Å². The molecule has 1 amide bonds. The van der Waals surface area contributed by atoms with Crippen molar-refractivity contribution in [2.24, 2.45) is 5.41 Å². The summed E-state index contributed by atoms with van der Waals surface area (Å²) in [5.74, 6) is 0.284. The molecule has 31 heavy (non-hydrogen) atoms. The fourth-order valence-corrected chi connectivity index (χ4v) is 6.38. The molecule has 4 aliphatic heterocycles. The van der Waals surface area contributed by atoms with Gasteiger partial charge in [-0.1, -0.05) is 12.7 Å². The first kappa shape index (κ1) is 21.0. The highest BCUT2D eigenvalue weighted by atomic mass is 16.5. The summed E-state index contributed by atoms with van der Waals surface area (Å²) in [6.07, 6.45) is 9.76. The summed E-state index contributed by atoms with van der Waals surface area (Å²) in [5, 5.41) is 0. The lowest BCUT2D eigenvalue weighted by Gasteiger charge is -2.39. The Morgan fingerprint density at radius 1 is 1.06 bits per heavy atom. The van der Waals surface area contributed by atoms with Crippen LogP contribution < -0.4 is 9.80 Å². The van der Waals surface area contributed by atoms with Crippen molar-refractivity contribution in [3.8, 4) is 0 Å². The lowest BCUT2D eigenvalue weighted by Crippen LogP contribution is -2.46. The largest absolute Gasteiger partial charge is 0.381 e. The summed E-state index contributed by atoms with van der Waals surface area (Å²) in [6.45, 7) is 12.2. The molecule has 0 unspecified atom stereocenters. The van der Waals surface area contributed by atoms with Crippen LogP contribution in [-0.4, -0.2) is 62.3 Å². The lowest BCUT2D eigenvalue weighted by atomic mass is 9.79. The second-order valence-corrected chi connectivity index (χ2v) is 9.99. The molecule has 0 N–H and O–H groups in total. The van der Waals surface area contributed by atoms with Gasteiger partial charge in [-0.3, -0.25) is 9.69 Å². The van der Waals surface area contributed by atoms with Crippen LogP contribution in [0.3, 0.4) is 0 Å². The van der Waals surface area contributed by atoms with E-state index in [4.69, 9.17) is 4.74 Å². The van der Waals surface area contributed by atoms with Crippen LogP contribution >= 0.6 is 0 Å². The zero-order chi connectivity index (χ0) is 21.4. The molecule has 5 heteroatoms. The van der Waals surface area contributed by atoms with Gasteiger partial charge in [-0.15, -0.1) is 0 Å². The van der Waals surface area contributed by atoms with Crippen LogP contribution in [0.25, 0.3) is 6.08 Å². The number of hydrogen-bond donors (Lipinski definition) is 0. The van der Waals surface area contributed by atoms with Gasteiger partial charge >= 0.3 is 0 Å². The second kappa shape index (κ2) is 8.59. The van der Waals surface area contributed by atoms with Crippen LogP contribution in [0, 0.1) is 5.41 Å². The van der Waals surface area contributed by atoms with Gasteiger partial charge < -0.3 is 14.5 Å². The Bertz CT molecular complexity index is 824. The number of amides is 1. The van der Waals surface area contributed by atoms with E-state index in [1.54, 1.807) is 0 Å². The first-order valence-electron chi connectivity index (χ1n) is 12.3. The third kappa shape index (κ3) is 3.80. The van der Waals surface area contributed by atoms with E-state index in [-0.39, 0.29) is 11.3 Å². The maximum Gasteiger partial charge on any atom is 0.233 e. The summed E-state index contributed by atoms with van der Waals surface area (Å²) >= 11 is 0. The minimum atomic E-state index is -0.204. The summed E-state index contributed by atoms with van der Waals surface area (Å²) < 4.78 is 5.52. The number of carbonyl (C=O) groups is 1. The molecule has 4 heterocycles. The quantitative estimate of drug-likeness (QED) is 0.723. The van der Waals surface area contributed by atoms with Gasteiger partial charge in [-0.25, -0.2) is 0 Å². The van der Waals surface area contributed by atoms with Crippen LogP contribution in [0.1, 0.15) is 57.4 Å². The van der Waals surface area contributed by atoms with Crippen molar-refractivity contribution in [3.63, 3.8) is 0 Å². The number of piperidine rings is 1. The molecule has 0 bridgehead atoms. The number of anilines is 2. The minimum Gasteiger partial charge on any atom is -0.381 e. The van der Waals surface area contributed by atoms with Gasteiger partial charge in [-0.05, 0) is 82.2 Å². The van der Waals surface area contributed by atoms with Crippen molar-refractivity contribution in [1.29, 1.82) is 0 Å². The van der Waals surface area contributed by atoms with Crippen molar-refractivity contribution < 1.29 is 9.53 Å². The van der Waals surface area contributed by atoms with Gasteiger partial charge in [0.25, 0.3) is 0 Å². The molecule has 0 aromatic heterocycles. The van der Waals surface area contributed by atoms with Gasteiger partial charge in [0.15, 0.2) is 0 Å². The molecule has 168 valence electrons. The van der Waals surface area contributed by atoms with Crippen LogP contribution in [0.15, 0.2) is 24.8 Å². The maximum absolute atomic E-state index is 13.3. The Hall–Kier alpha value is -1.85. The van der Waals surface area contributed by atoms with Gasteiger partial charge in [0.1, 0.15) is 0 Å².